The summed E-state index contributed by atoms with van der Waals surface area (Å²) < 4.78 is 44.8. The van der Waals surface area contributed by atoms with Gasteiger partial charge in [-0.05, 0) is 48.5 Å². The van der Waals surface area contributed by atoms with E-state index in [2.05, 4.69) is 15.0 Å². The molecule has 4 aromatic rings. The zero-order valence-corrected chi connectivity index (χ0v) is 15.4. The molecular formula is C22H16F3N3O. The van der Waals surface area contributed by atoms with Gasteiger partial charge in [0.05, 0.1) is 24.1 Å². The van der Waals surface area contributed by atoms with Crippen molar-refractivity contribution in [1.29, 1.82) is 0 Å². The van der Waals surface area contributed by atoms with Crippen LogP contribution in [0.15, 0.2) is 73.1 Å². The van der Waals surface area contributed by atoms with Crippen molar-refractivity contribution in [3.05, 3.63) is 78.6 Å². The molecule has 0 aliphatic carbocycles. The predicted molar refractivity (Wildman–Crippen MR) is 104 cm³/mol. The van der Waals surface area contributed by atoms with Crippen LogP contribution in [-0.4, -0.2) is 22.1 Å². The minimum absolute atomic E-state index is 0.377. The van der Waals surface area contributed by atoms with Crippen LogP contribution in [0.5, 0.6) is 5.75 Å². The molecule has 0 radical (unpaired) electrons. The summed E-state index contributed by atoms with van der Waals surface area (Å²) in [6.07, 6.45) is -1.18. The number of ether oxygens (including phenoxy) is 1. The normalized spacial score (nSPS) is 11.4. The smallest absolute Gasteiger partial charge is 0.416 e. The second-order valence-electron chi connectivity index (χ2n) is 6.35. The van der Waals surface area contributed by atoms with Gasteiger partial charge in [0.25, 0.3) is 0 Å². The van der Waals surface area contributed by atoms with Crippen LogP contribution in [0.4, 0.5) is 13.2 Å². The fourth-order valence-corrected chi connectivity index (χ4v) is 3.04. The molecule has 7 heteroatoms. The first-order valence-corrected chi connectivity index (χ1v) is 8.78. The van der Waals surface area contributed by atoms with Crippen LogP contribution < -0.4 is 4.74 Å². The molecule has 0 aliphatic rings. The molecule has 0 atom stereocenters. The minimum Gasteiger partial charge on any atom is -0.497 e. The summed E-state index contributed by atoms with van der Waals surface area (Å²) in [5.41, 5.74) is 2.29. The van der Waals surface area contributed by atoms with Crippen molar-refractivity contribution in [2.24, 2.45) is 0 Å². The number of benzene rings is 2. The summed E-state index contributed by atoms with van der Waals surface area (Å²) in [7, 11) is 1.58. The number of pyridine rings is 1. The number of aromatic amines is 1. The van der Waals surface area contributed by atoms with Gasteiger partial charge < -0.3 is 9.72 Å². The SMILES string of the molecule is COc1ccc(-c2nc(-c3cccc(C(F)(F)F)c3)c(-c3ccncc3)[nH]2)cc1. The zero-order chi connectivity index (χ0) is 20.4. The van der Waals surface area contributed by atoms with E-state index in [-0.39, 0.29) is 0 Å². The Balaban J connectivity index is 1.87. The molecule has 0 fully saturated rings. The molecule has 146 valence electrons. The summed E-state index contributed by atoms with van der Waals surface area (Å²) in [5, 5.41) is 0. The summed E-state index contributed by atoms with van der Waals surface area (Å²) in [6.45, 7) is 0. The predicted octanol–water partition coefficient (Wildman–Crippen LogP) is 5.83. The Morgan fingerprint density at radius 3 is 2.24 bits per heavy atom. The molecule has 0 bridgehead atoms. The molecule has 2 aromatic heterocycles. The number of H-pyrrole nitrogens is 1. The highest BCUT2D eigenvalue weighted by molar-refractivity contribution is 5.81. The largest absolute Gasteiger partial charge is 0.497 e. The summed E-state index contributed by atoms with van der Waals surface area (Å²) in [5.74, 6) is 1.25. The summed E-state index contributed by atoms with van der Waals surface area (Å²) in [6, 6.07) is 16.0. The van der Waals surface area contributed by atoms with Crippen molar-refractivity contribution >= 4 is 0 Å². The van der Waals surface area contributed by atoms with E-state index < -0.39 is 11.7 Å². The molecule has 0 spiro atoms. The van der Waals surface area contributed by atoms with E-state index >= 15 is 0 Å². The third-order valence-corrected chi connectivity index (χ3v) is 4.50. The number of nitrogens with zero attached hydrogens (tertiary/aromatic N) is 2. The summed E-state index contributed by atoms with van der Waals surface area (Å²) >= 11 is 0. The lowest BCUT2D eigenvalue weighted by Crippen LogP contribution is -2.04. The highest BCUT2D eigenvalue weighted by Crippen LogP contribution is 2.36. The monoisotopic (exact) mass is 395 g/mol. The molecule has 29 heavy (non-hydrogen) atoms. The van der Waals surface area contributed by atoms with E-state index in [0.29, 0.717) is 28.5 Å². The van der Waals surface area contributed by atoms with Crippen LogP contribution >= 0.6 is 0 Å². The molecule has 0 unspecified atom stereocenters. The number of imidazole rings is 1. The number of hydrogen-bond acceptors (Lipinski definition) is 3. The molecule has 4 nitrogen and oxygen atoms in total. The number of hydrogen-bond donors (Lipinski definition) is 1. The zero-order valence-electron chi connectivity index (χ0n) is 15.4. The second kappa shape index (κ2) is 7.43. The van der Waals surface area contributed by atoms with Gasteiger partial charge in [0.1, 0.15) is 11.6 Å². The van der Waals surface area contributed by atoms with Crippen molar-refractivity contribution in [2.45, 2.75) is 6.18 Å². The van der Waals surface area contributed by atoms with Crippen molar-refractivity contribution in [3.63, 3.8) is 0 Å². The Labute approximate surface area is 165 Å². The first kappa shape index (κ1) is 18.7. The first-order valence-electron chi connectivity index (χ1n) is 8.78. The molecule has 2 heterocycles. The van der Waals surface area contributed by atoms with Gasteiger partial charge in [-0.25, -0.2) is 4.98 Å². The van der Waals surface area contributed by atoms with Gasteiger partial charge in [-0.1, -0.05) is 12.1 Å². The van der Waals surface area contributed by atoms with Crippen LogP contribution in [0.25, 0.3) is 33.9 Å². The minimum atomic E-state index is -4.43. The maximum absolute atomic E-state index is 13.2. The lowest BCUT2D eigenvalue weighted by Gasteiger charge is -2.08. The van der Waals surface area contributed by atoms with Gasteiger partial charge in [0.2, 0.25) is 0 Å². The number of alkyl halides is 3. The molecule has 0 amide bonds. The van der Waals surface area contributed by atoms with Crippen molar-refractivity contribution in [1.82, 2.24) is 15.0 Å². The van der Waals surface area contributed by atoms with Gasteiger partial charge in [-0.15, -0.1) is 0 Å². The molecular weight excluding hydrogens is 379 g/mol. The van der Waals surface area contributed by atoms with Gasteiger partial charge in [0.15, 0.2) is 0 Å². The van der Waals surface area contributed by atoms with Crippen LogP contribution in [0.1, 0.15) is 5.56 Å². The van der Waals surface area contributed by atoms with Crippen LogP contribution in [-0.2, 0) is 6.18 Å². The molecule has 0 saturated carbocycles. The van der Waals surface area contributed by atoms with E-state index in [0.717, 1.165) is 23.3 Å². The average Bonchev–Trinajstić information content (AvgIpc) is 3.19. The Bertz CT molecular complexity index is 1120. The Morgan fingerprint density at radius 1 is 0.862 bits per heavy atom. The highest BCUT2D eigenvalue weighted by atomic mass is 19.4. The first-order chi connectivity index (χ1) is 14.0. The lowest BCUT2D eigenvalue weighted by atomic mass is 10.0. The van der Waals surface area contributed by atoms with Crippen molar-refractivity contribution < 1.29 is 17.9 Å². The highest BCUT2D eigenvalue weighted by Gasteiger charge is 2.31. The van der Waals surface area contributed by atoms with E-state index in [4.69, 9.17) is 4.74 Å². The molecule has 2 aromatic carbocycles. The van der Waals surface area contributed by atoms with Crippen molar-refractivity contribution in [3.8, 4) is 39.7 Å². The van der Waals surface area contributed by atoms with Gasteiger partial charge >= 0.3 is 6.18 Å². The third kappa shape index (κ3) is 3.85. The topological polar surface area (TPSA) is 50.8 Å². The molecule has 4 rings (SSSR count). The maximum atomic E-state index is 13.2. The van der Waals surface area contributed by atoms with E-state index in [1.807, 2.05) is 12.1 Å². The van der Waals surface area contributed by atoms with E-state index in [9.17, 15) is 13.2 Å². The quantitative estimate of drug-likeness (QED) is 0.473. The van der Waals surface area contributed by atoms with Gasteiger partial charge in [-0.2, -0.15) is 13.2 Å². The molecule has 1 N–H and O–H groups in total. The maximum Gasteiger partial charge on any atom is 0.416 e. The van der Waals surface area contributed by atoms with Crippen LogP contribution in [0, 0.1) is 0 Å². The fraction of sp³-hybridized carbons (Fsp3) is 0.0909. The second-order valence-corrected chi connectivity index (χ2v) is 6.35. The Morgan fingerprint density at radius 2 is 1.59 bits per heavy atom. The van der Waals surface area contributed by atoms with Gasteiger partial charge in [-0.3, -0.25) is 4.98 Å². The number of rotatable bonds is 4. The Kier molecular flexibility index (Phi) is 4.80. The summed E-state index contributed by atoms with van der Waals surface area (Å²) in [4.78, 5) is 11.9. The van der Waals surface area contributed by atoms with Gasteiger partial charge in [0, 0.05) is 29.1 Å². The van der Waals surface area contributed by atoms with Crippen LogP contribution in [0.2, 0.25) is 0 Å². The fourth-order valence-electron chi connectivity index (χ4n) is 3.04. The molecule has 0 saturated heterocycles. The number of halogens is 3. The third-order valence-electron chi connectivity index (χ3n) is 4.50. The number of methoxy groups -OCH3 is 1. The standard InChI is InChI=1S/C22H16F3N3O/c1-29-18-7-5-15(6-8-18)21-27-19(14-9-11-26-12-10-14)20(28-21)16-3-2-4-17(13-16)22(23,24)25/h2-13H,1H3,(H,27,28). The van der Waals surface area contributed by atoms with Crippen molar-refractivity contribution in [2.75, 3.05) is 7.11 Å². The average molecular weight is 395 g/mol. The number of nitrogens with one attached hydrogen (secondary N) is 1. The van der Waals surface area contributed by atoms with Crippen LogP contribution in [0.3, 0.4) is 0 Å². The lowest BCUT2D eigenvalue weighted by molar-refractivity contribution is -0.137. The Hall–Kier alpha value is -3.61. The van der Waals surface area contributed by atoms with E-state index in [1.54, 1.807) is 49.8 Å². The number of aromatic nitrogens is 3. The molecule has 0 aliphatic heterocycles. The van der Waals surface area contributed by atoms with E-state index in [1.165, 1.54) is 6.07 Å².